The zero-order valence-corrected chi connectivity index (χ0v) is 12.2. The first kappa shape index (κ1) is 17.9. The number of non-ortho nitro benzene ring substituents is 1. The van der Waals surface area contributed by atoms with Crippen LogP contribution in [0, 0.1) is 10.1 Å². The molecule has 2 rings (SSSR count). The molecule has 0 aromatic heterocycles. The van der Waals surface area contributed by atoms with Crippen LogP contribution in [0.2, 0.25) is 0 Å². The standard InChI is InChI=1S/C15H9F3N2O5/c16-15(17,18)11-3-1-2-4-12(11)19-13(21)10-7-8(20(24)25)5-6-9(10)14(22)23/h1-7H,(H,19,21)(H,22,23). The zero-order chi connectivity index (χ0) is 18.8. The second kappa shape index (κ2) is 6.59. The summed E-state index contributed by atoms with van der Waals surface area (Å²) < 4.78 is 38.8. The van der Waals surface area contributed by atoms with Gasteiger partial charge in [0.25, 0.3) is 11.6 Å². The van der Waals surface area contributed by atoms with Gasteiger partial charge in [-0.05, 0) is 18.2 Å². The van der Waals surface area contributed by atoms with Gasteiger partial charge in [0.05, 0.1) is 27.3 Å². The maximum atomic E-state index is 12.9. The second-order valence-electron chi connectivity index (χ2n) is 4.79. The molecular weight excluding hydrogens is 345 g/mol. The minimum Gasteiger partial charge on any atom is -0.478 e. The molecule has 0 heterocycles. The van der Waals surface area contributed by atoms with Crippen LogP contribution in [0.15, 0.2) is 42.5 Å². The predicted octanol–water partition coefficient (Wildman–Crippen LogP) is 3.56. The van der Waals surface area contributed by atoms with Gasteiger partial charge in [0.2, 0.25) is 0 Å². The van der Waals surface area contributed by atoms with Gasteiger partial charge >= 0.3 is 12.1 Å². The minimum atomic E-state index is -4.75. The van der Waals surface area contributed by atoms with E-state index < -0.39 is 51.0 Å². The number of hydrogen-bond donors (Lipinski definition) is 2. The summed E-state index contributed by atoms with van der Waals surface area (Å²) in [5.74, 6) is -2.76. The van der Waals surface area contributed by atoms with Crippen LogP contribution in [0.3, 0.4) is 0 Å². The minimum absolute atomic E-state index is 0.570. The number of para-hydroxylation sites is 1. The van der Waals surface area contributed by atoms with E-state index >= 15 is 0 Å². The van der Waals surface area contributed by atoms with Crippen molar-refractivity contribution in [2.24, 2.45) is 0 Å². The van der Waals surface area contributed by atoms with Crippen molar-refractivity contribution in [2.45, 2.75) is 6.18 Å². The predicted molar refractivity (Wildman–Crippen MR) is 79.5 cm³/mol. The van der Waals surface area contributed by atoms with Gasteiger partial charge in [-0.2, -0.15) is 13.2 Å². The highest BCUT2D eigenvalue weighted by Crippen LogP contribution is 2.34. The summed E-state index contributed by atoms with van der Waals surface area (Å²) in [5, 5.41) is 21.8. The van der Waals surface area contributed by atoms with Crippen LogP contribution in [-0.2, 0) is 6.18 Å². The molecule has 10 heteroatoms. The van der Waals surface area contributed by atoms with Crippen LogP contribution in [0.5, 0.6) is 0 Å². The largest absolute Gasteiger partial charge is 0.478 e. The van der Waals surface area contributed by atoms with Crippen molar-refractivity contribution >= 4 is 23.3 Å². The van der Waals surface area contributed by atoms with Gasteiger partial charge in [-0.25, -0.2) is 4.79 Å². The first-order valence-electron chi connectivity index (χ1n) is 6.60. The van der Waals surface area contributed by atoms with Crippen LogP contribution in [0.1, 0.15) is 26.3 Å². The number of nitro groups is 1. The molecule has 0 unspecified atom stereocenters. The highest BCUT2D eigenvalue weighted by atomic mass is 19.4. The number of rotatable bonds is 4. The van der Waals surface area contributed by atoms with Gasteiger partial charge < -0.3 is 10.4 Å². The van der Waals surface area contributed by atoms with Gasteiger partial charge in [-0.1, -0.05) is 12.1 Å². The summed E-state index contributed by atoms with van der Waals surface area (Å²) in [6.45, 7) is 0. The molecule has 2 aromatic carbocycles. The number of hydrogen-bond acceptors (Lipinski definition) is 4. The van der Waals surface area contributed by atoms with Crippen molar-refractivity contribution < 1.29 is 32.8 Å². The second-order valence-corrected chi connectivity index (χ2v) is 4.79. The summed E-state index contributed by atoms with van der Waals surface area (Å²) in [7, 11) is 0. The number of nitro benzene ring substituents is 1. The first-order valence-corrected chi connectivity index (χ1v) is 6.60. The highest BCUT2D eigenvalue weighted by molar-refractivity contribution is 6.11. The van der Waals surface area contributed by atoms with Crippen molar-refractivity contribution in [1.29, 1.82) is 0 Å². The molecular formula is C15H9F3N2O5. The van der Waals surface area contributed by atoms with Crippen LogP contribution < -0.4 is 5.32 Å². The number of alkyl halides is 3. The summed E-state index contributed by atoms with van der Waals surface area (Å²) in [6.07, 6.45) is -4.75. The van der Waals surface area contributed by atoms with Gasteiger partial charge in [-0.3, -0.25) is 14.9 Å². The Labute approximate surface area is 137 Å². The fourth-order valence-corrected chi connectivity index (χ4v) is 2.05. The Balaban J connectivity index is 2.47. The number of halogens is 3. The molecule has 2 aromatic rings. The van der Waals surface area contributed by atoms with Crippen LogP contribution in [0.4, 0.5) is 24.5 Å². The fraction of sp³-hybridized carbons (Fsp3) is 0.0667. The molecule has 0 aliphatic carbocycles. The third kappa shape index (κ3) is 3.91. The van der Waals surface area contributed by atoms with E-state index in [-0.39, 0.29) is 0 Å². The third-order valence-corrected chi connectivity index (χ3v) is 3.17. The Morgan fingerprint density at radius 3 is 2.28 bits per heavy atom. The summed E-state index contributed by atoms with van der Waals surface area (Å²) in [5.41, 5.74) is -3.50. The average Bonchev–Trinajstić information content (AvgIpc) is 2.53. The lowest BCUT2D eigenvalue weighted by atomic mass is 10.1. The third-order valence-electron chi connectivity index (χ3n) is 3.17. The maximum Gasteiger partial charge on any atom is 0.418 e. The Kier molecular flexibility index (Phi) is 4.72. The summed E-state index contributed by atoms with van der Waals surface area (Å²) in [4.78, 5) is 33.3. The number of carboxylic acid groups (broad SMARTS) is 1. The number of nitrogens with zero attached hydrogens (tertiary/aromatic N) is 1. The summed E-state index contributed by atoms with van der Waals surface area (Å²) in [6, 6.07) is 6.49. The number of benzene rings is 2. The monoisotopic (exact) mass is 354 g/mol. The Bertz CT molecular complexity index is 864. The quantitative estimate of drug-likeness (QED) is 0.644. The van der Waals surface area contributed by atoms with Crippen molar-refractivity contribution in [3.63, 3.8) is 0 Å². The topological polar surface area (TPSA) is 110 Å². The molecule has 2 N–H and O–H groups in total. The fourth-order valence-electron chi connectivity index (χ4n) is 2.05. The van der Waals surface area contributed by atoms with Crippen LogP contribution in [0.25, 0.3) is 0 Å². The first-order chi connectivity index (χ1) is 11.6. The molecule has 130 valence electrons. The van der Waals surface area contributed by atoms with Crippen molar-refractivity contribution in [3.8, 4) is 0 Å². The molecule has 0 bridgehead atoms. The lowest BCUT2D eigenvalue weighted by molar-refractivity contribution is -0.384. The Morgan fingerprint density at radius 2 is 1.72 bits per heavy atom. The van der Waals surface area contributed by atoms with E-state index in [1.807, 2.05) is 5.32 Å². The Hall–Kier alpha value is -3.43. The normalized spacial score (nSPS) is 11.0. The van der Waals surface area contributed by atoms with Gasteiger partial charge in [0.1, 0.15) is 0 Å². The molecule has 0 spiro atoms. The van der Waals surface area contributed by atoms with E-state index in [1.54, 1.807) is 0 Å². The molecule has 0 aliphatic rings. The average molecular weight is 354 g/mol. The molecule has 0 fully saturated rings. The van der Waals surface area contributed by atoms with E-state index in [9.17, 15) is 32.9 Å². The number of nitrogens with one attached hydrogen (secondary N) is 1. The zero-order valence-electron chi connectivity index (χ0n) is 12.2. The van der Waals surface area contributed by atoms with E-state index in [0.717, 1.165) is 30.3 Å². The van der Waals surface area contributed by atoms with Crippen molar-refractivity contribution in [1.82, 2.24) is 0 Å². The summed E-state index contributed by atoms with van der Waals surface area (Å²) >= 11 is 0. The number of aromatic carboxylic acids is 1. The highest BCUT2D eigenvalue weighted by Gasteiger charge is 2.34. The van der Waals surface area contributed by atoms with Gasteiger partial charge in [-0.15, -0.1) is 0 Å². The maximum absolute atomic E-state index is 12.9. The van der Waals surface area contributed by atoms with Crippen molar-refractivity contribution in [3.05, 3.63) is 69.3 Å². The number of anilines is 1. The molecule has 1 amide bonds. The van der Waals surface area contributed by atoms with Gasteiger partial charge in [0.15, 0.2) is 0 Å². The van der Waals surface area contributed by atoms with Gasteiger partial charge in [0, 0.05) is 12.1 Å². The number of carboxylic acids is 1. The van der Waals surface area contributed by atoms with E-state index in [4.69, 9.17) is 5.11 Å². The molecule has 0 saturated heterocycles. The molecule has 7 nitrogen and oxygen atoms in total. The molecule has 0 saturated carbocycles. The van der Waals surface area contributed by atoms with Crippen LogP contribution in [-0.4, -0.2) is 21.9 Å². The Morgan fingerprint density at radius 1 is 1.08 bits per heavy atom. The number of amides is 1. The van der Waals surface area contributed by atoms with Crippen LogP contribution >= 0.6 is 0 Å². The molecule has 0 radical (unpaired) electrons. The van der Waals surface area contributed by atoms with Crippen molar-refractivity contribution in [2.75, 3.05) is 5.32 Å². The van der Waals surface area contributed by atoms with E-state index in [0.29, 0.717) is 6.07 Å². The lowest BCUT2D eigenvalue weighted by Gasteiger charge is -2.14. The lowest BCUT2D eigenvalue weighted by Crippen LogP contribution is -2.19. The smallest absolute Gasteiger partial charge is 0.418 e. The van der Waals surface area contributed by atoms with E-state index in [2.05, 4.69) is 0 Å². The molecule has 25 heavy (non-hydrogen) atoms. The SMILES string of the molecule is O=C(O)c1ccc([N+](=O)[O-])cc1C(=O)Nc1ccccc1C(F)(F)F. The molecule has 0 atom stereocenters. The van der Waals surface area contributed by atoms with E-state index in [1.165, 1.54) is 6.07 Å². The molecule has 0 aliphatic heterocycles. The number of carbonyl (C=O) groups is 2. The number of carbonyl (C=O) groups excluding carboxylic acids is 1.